The summed E-state index contributed by atoms with van der Waals surface area (Å²) < 4.78 is 2.41. The molecule has 238 valence electrons. The third-order valence-electron chi connectivity index (χ3n) is 11.2. The van der Waals surface area contributed by atoms with Gasteiger partial charge in [0.2, 0.25) is 0 Å². The highest BCUT2D eigenvalue weighted by Gasteiger charge is 2.51. The highest BCUT2D eigenvalue weighted by molar-refractivity contribution is 6.09. The fourth-order valence-electron chi connectivity index (χ4n) is 9.17. The van der Waals surface area contributed by atoms with Crippen LogP contribution in [0.15, 0.2) is 194 Å². The number of para-hydroxylation sites is 5. The van der Waals surface area contributed by atoms with Crippen molar-refractivity contribution in [2.75, 3.05) is 4.90 Å². The van der Waals surface area contributed by atoms with Gasteiger partial charge in [-0.3, -0.25) is 0 Å². The molecule has 2 aliphatic rings. The van der Waals surface area contributed by atoms with Gasteiger partial charge in [0, 0.05) is 22.1 Å². The molecule has 0 radical (unpaired) electrons. The summed E-state index contributed by atoms with van der Waals surface area (Å²) in [4.78, 5) is 2.44. The van der Waals surface area contributed by atoms with Crippen LogP contribution in [0.1, 0.15) is 22.3 Å². The smallest absolute Gasteiger partial charge is 0.0754 e. The van der Waals surface area contributed by atoms with Gasteiger partial charge in [-0.2, -0.15) is 0 Å². The Kier molecular flexibility index (Phi) is 5.91. The molecule has 0 amide bonds. The van der Waals surface area contributed by atoms with E-state index in [0.29, 0.717) is 0 Å². The number of aromatic nitrogens is 1. The topological polar surface area (TPSA) is 8.17 Å². The number of hydrogen-bond donors (Lipinski definition) is 0. The standard InChI is InChI=1S/C49H32N2/c1-2-16-35(17-3-1)50-47-27-12-8-23-42(47)49(43-24-9-13-28-48(43)50)41-22-7-4-19-37(41)38-30-29-34(32-44(38)49)33-15-14-18-36(31-33)51-45-25-10-5-20-39(45)40-21-6-11-26-46(40)51/h1-32H. The summed E-state index contributed by atoms with van der Waals surface area (Å²) in [5.41, 5.74) is 17.0. The van der Waals surface area contributed by atoms with Crippen LogP contribution >= 0.6 is 0 Å². The van der Waals surface area contributed by atoms with Gasteiger partial charge in [0.25, 0.3) is 0 Å². The lowest BCUT2D eigenvalue weighted by atomic mass is 9.64. The van der Waals surface area contributed by atoms with Crippen molar-refractivity contribution >= 4 is 38.9 Å². The van der Waals surface area contributed by atoms with Gasteiger partial charge in [0.1, 0.15) is 0 Å². The van der Waals surface area contributed by atoms with Gasteiger partial charge < -0.3 is 9.47 Å². The summed E-state index contributed by atoms with van der Waals surface area (Å²) in [5, 5.41) is 2.55. The fraction of sp³-hybridized carbons (Fsp3) is 0.0204. The molecular weight excluding hydrogens is 617 g/mol. The van der Waals surface area contributed by atoms with E-state index in [4.69, 9.17) is 0 Å². The van der Waals surface area contributed by atoms with Gasteiger partial charge >= 0.3 is 0 Å². The third-order valence-corrected chi connectivity index (χ3v) is 11.2. The molecular formula is C49H32N2. The van der Waals surface area contributed by atoms with Crippen LogP contribution in [-0.4, -0.2) is 4.57 Å². The number of rotatable bonds is 3. The lowest BCUT2D eigenvalue weighted by molar-refractivity contribution is 0.753. The number of anilines is 3. The van der Waals surface area contributed by atoms with Gasteiger partial charge in [-0.05, 0) is 99.1 Å². The van der Waals surface area contributed by atoms with Gasteiger partial charge in [-0.25, -0.2) is 0 Å². The Morgan fingerprint density at radius 3 is 1.57 bits per heavy atom. The first-order valence-corrected chi connectivity index (χ1v) is 17.7. The second-order valence-corrected chi connectivity index (χ2v) is 13.7. The predicted octanol–water partition coefficient (Wildman–Crippen LogP) is 12.6. The van der Waals surface area contributed by atoms with Gasteiger partial charge in [-0.1, -0.05) is 140 Å². The number of nitrogens with zero attached hydrogens (tertiary/aromatic N) is 2. The van der Waals surface area contributed by atoms with Crippen LogP contribution in [0.2, 0.25) is 0 Å². The van der Waals surface area contributed by atoms with Crippen molar-refractivity contribution in [3.05, 3.63) is 216 Å². The van der Waals surface area contributed by atoms with Crippen molar-refractivity contribution in [1.29, 1.82) is 0 Å². The summed E-state index contributed by atoms with van der Waals surface area (Å²) >= 11 is 0. The van der Waals surface area contributed by atoms with E-state index in [1.54, 1.807) is 0 Å². The maximum atomic E-state index is 2.48. The number of hydrogen-bond acceptors (Lipinski definition) is 1. The molecule has 51 heavy (non-hydrogen) atoms. The molecule has 0 bridgehead atoms. The van der Waals surface area contributed by atoms with Crippen LogP contribution in [0.4, 0.5) is 17.1 Å². The van der Waals surface area contributed by atoms with Crippen molar-refractivity contribution in [1.82, 2.24) is 4.57 Å². The highest BCUT2D eigenvalue weighted by Crippen LogP contribution is 2.63. The Labute approximate surface area is 297 Å². The third kappa shape index (κ3) is 3.82. The lowest BCUT2D eigenvalue weighted by Crippen LogP contribution is -2.36. The van der Waals surface area contributed by atoms with E-state index >= 15 is 0 Å². The quantitative estimate of drug-likeness (QED) is 0.185. The first-order chi connectivity index (χ1) is 25.3. The zero-order valence-electron chi connectivity index (χ0n) is 27.9. The molecule has 1 aliphatic heterocycles. The molecule has 2 nitrogen and oxygen atoms in total. The van der Waals surface area contributed by atoms with Gasteiger partial charge in [-0.15, -0.1) is 0 Å². The molecule has 11 rings (SSSR count). The lowest BCUT2D eigenvalue weighted by Gasteiger charge is -2.45. The molecule has 9 aromatic rings. The van der Waals surface area contributed by atoms with Crippen molar-refractivity contribution in [2.45, 2.75) is 5.41 Å². The molecule has 0 fully saturated rings. The summed E-state index contributed by atoms with van der Waals surface area (Å²) in [7, 11) is 0. The Morgan fingerprint density at radius 2 is 0.863 bits per heavy atom. The fourth-order valence-corrected chi connectivity index (χ4v) is 9.17. The molecule has 0 N–H and O–H groups in total. The zero-order valence-corrected chi connectivity index (χ0v) is 27.9. The molecule has 1 aromatic heterocycles. The van der Waals surface area contributed by atoms with E-state index in [0.717, 1.165) is 11.4 Å². The maximum Gasteiger partial charge on any atom is 0.0754 e. The largest absolute Gasteiger partial charge is 0.310 e. The van der Waals surface area contributed by atoms with E-state index in [2.05, 4.69) is 204 Å². The second-order valence-electron chi connectivity index (χ2n) is 13.7. The first-order valence-electron chi connectivity index (χ1n) is 17.7. The molecule has 2 heterocycles. The summed E-state index contributed by atoms with van der Waals surface area (Å²) in [6, 6.07) is 71.5. The van der Waals surface area contributed by atoms with Crippen LogP contribution in [-0.2, 0) is 5.41 Å². The molecule has 1 aliphatic carbocycles. The first kappa shape index (κ1) is 28.2. The normalized spacial score (nSPS) is 13.6. The SMILES string of the molecule is c1ccc(N2c3ccccc3C3(c4ccccc4-c4ccc(-c5cccc(-n6c7ccccc7c7ccccc76)c5)cc43)c3ccccc32)cc1. The number of benzene rings is 8. The maximum absolute atomic E-state index is 2.48. The van der Waals surface area contributed by atoms with Crippen LogP contribution in [0.25, 0.3) is 49.7 Å². The van der Waals surface area contributed by atoms with Crippen molar-refractivity contribution < 1.29 is 0 Å². The monoisotopic (exact) mass is 648 g/mol. The number of fused-ring (bicyclic) bond motifs is 12. The minimum absolute atomic E-state index is 0.481. The minimum Gasteiger partial charge on any atom is -0.310 e. The Hall–Kier alpha value is -6.64. The van der Waals surface area contributed by atoms with E-state index in [1.807, 2.05) is 0 Å². The molecule has 0 atom stereocenters. The highest BCUT2D eigenvalue weighted by atomic mass is 15.2. The molecule has 8 aromatic carbocycles. The molecule has 0 saturated heterocycles. The zero-order chi connectivity index (χ0) is 33.5. The van der Waals surface area contributed by atoms with E-state index in [9.17, 15) is 0 Å². The predicted molar refractivity (Wildman–Crippen MR) is 212 cm³/mol. The van der Waals surface area contributed by atoms with Crippen LogP contribution in [0.5, 0.6) is 0 Å². The Bertz CT molecular complexity index is 2720. The van der Waals surface area contributed by atoms with Gasteiger partial charge in [0.05, 0.1) is 27.8 Å². The average molecular weight is 649 g/mol. The molecule has 0 saturated carbocycles. The summed E-state index contributed by atoms with van der Waals surface area (Å²) in [5.74, 6) is 0. The van der Waals surface area contributed by atoms with Crippen LogP contribution in [0.3, 0.4) is 0 Å². The molecule has 1 spiro atoms. The summed E-state index contributed by atoms with van der Waals surface area (Å²) in [6.45, 7) is 0. The van der Waals surface area contributed by atoms with E-state index < -0.39 is 5.41 Å². The average Bonchev–Trinajstić information content (AvgIpc) is 3.69. The van der Waals surface area contributed by atoms with E-state index in [-0.39, 0.29) is 0 Å². The minimum atomic E-state index is -0.481. The van der Waals surface area contributed by atoms with Crippen molar-refractivity contribution in [2.24, 2.45) is 0 Å². The second kappa shape index (κ2) is 10.7. The molecule has 2 heteroatoms. The molecule has 0 unspecified atom stereocenters. The van der Waals surface area contributed by atoms with Gasteiger partial charge in [0.15, 0.2) is 0 Å². The Balaban J connectivity index is 1.16. The van der Waals surface area contributed by atoms with Crippen LogP contribution in [0, 0.1) is 0 Å². The van der Waals surface area contributed by atoms with E-state index in [1.165, 1.54) is 77.7 Å². The van der Waals surface area contributed by atoms with Crippen molar-refractivity contribution in [3.8, 4) is 27.9 Å². The van der Waals surface area contributed by atoms with Crippen LogP contribution < -0.4 is 4.90 Å². The van der Waals surface area contributed by atoms with Crippen molar-refractivity contribution in [3.63, 3.8) is 0 Å². The Morgan fingerprint density at radius 1 is 0.333 bits per heavy atom. The summed E-state index contributed by atoms with van der Waals surface area (Å²) in [6.07, 6.45) is 0.